The van der Waals surface area contributed by atoms with Crippen LogP contribution in [0.4, 0.5) is 0 Å². The molecule has 5 nitrogen and oxygen atoms in total. The Kier molecular flexibility index (Phi) is 2.19. The van der Waals surface area contributed by atoms with Gasteiger partial charge in [-0.15, -0.1) is 11.3 Å². The second kappa shape index (κ2) is 3.82. The molecule has 0 amide bonds. The first kappa shape index (κ1) is 9.17. The Morgan fingerprint density at radius 1 is 1.25 bits per heavy atom. The topological polar surface area (TPSA) is 64.7 Å². The molecule has 0 radical (unpaired) electrons. The average Bonchev–Trinajstić information content (AvgIpc) is 3.01. The summed E-state index contributed by atoms with van der Waals surface area (Å²) in [6, 6.07) is 3.88. The molecule has 0 aromatic carbocycles. The fourth-order valence-electron chi connectivity index (χ4n) is 1.24. The van der Waals surface area contributed by atoms with Gasteiger partial charge in [0.25, 0.3) is 5.89 Å². The van der Waals surface area contributed by atoms with Crippen LogP contribution in [0.5, 0.6) is 0 Å². The lowest BCUT2D eigenvalue weighted by Crippen LogP contribution is -1.83. The van der Waals surface area contributed by atoms with Crippen LogP contribution in [-0.2, 0) is 0 Å². The number of hydrogen-bond donors (Lipinski definition) is 0. The van der Waals surface area contributed by atoms with E-state index in [4.69, 9.17) is 4.52 Å². The van der Waals surface area contributed by atoms with Gasteiger partial charge in [-0.1, -0.05) is 11.2 Å². The van der Waals surface area contributed by atoms with Crippen LogP contribution in [0.2, 0.25) is 0 Å². The van der Waals surface area contributed by atoms with E-state index in [1.165, 1.54) is 0 Å². The molecule has 3 aromatic rings. The van der Waals surface area contributed by atoms with Crippen LogP contribution in [-0.4, -0.2) is 20.1 Å². The standard InChI is InChI=1S/C10H6N4OS/c1-2-8(16-5-1)9-13-10(15-14-9)7-6-11-3-4-12-7/h1-6H. The van der Waals surface area contributed by atoms with E-state index in [0.29, 0.717) is 17.4 Å². The van der Waals surface area contributed by atoms with Crippen LogP contribution in [0.1, 0.15) is 0 Å². The zero-order valence-electron chi connectivity index (χ0n) is 8.07. The Morgan fingerprint density at radius 2 is 2.25 bits per heavy atom. The van der Waals surface area contributed by atoms with Crippen LogP contribution >= 0.6 is 11.3 Å². The first-order valence-electron chi connectivity index (χ1n) is 4.57. The summed E-state index contributed by atoms with van der Waals surface area (Å²) in [7, 11) is 0. The van der Waals surface area contributed by atoms with Gasteiger partial charge in [-0.3, -0.25) is 4.98 Å². The van der Waals surface area contributed by atoms with Gasteiger partial charge >= 0.3 is 0 Å². The van der Waals surface area contributed by atoms with Gasteiger partial charge in [-0.2, -0.15) is 4.98 Å². The monoisotopic (exact) mass is 230 g/mol. The minimum Gasteiger partial charge on any atom is -0.332 e. The lowest BCUT2D eigenvalue weighted by Gasteiger charge is -1.88. The van der Waals surface area contributed by atoms with Crippen LogP contribution in [0.25, 0.3) is 22.3 Å². The summed E-state index contributed by atoms with van der Waals surface area (Å²) >= 11 is 1.56. The molecule has 0 aliphatic heterocycles. The molecule has 0 fully saturated rings. The maximum Gasteiger partial charge on any atom is 0.278 e. The van der Waals surface area contributed by atoms with Crippen LogP contribution in [0, 0.1) is 0 Å². The SMILES string of the molecule is c1csc(-c2noc(-c3cnccn3)n2)c1. The second-order valence-electron chi connectivity index (χ2n) is 2.99. The highest BCUT2D eigenvalue weighted by Crippen LogP contribution is 2.23. The number of aromatic nitrogens is 4. The van der Waals surface area contributed by atoms with E-state index in [-0.39, 0.29) is 0 Å². The summed E-state index contributed by atoms with van der Waals surface area (Å²) in [4.78, 5) is 13.3. The first-order chi connectivity index (χ1) is 7.93. The Bertz CT molecular complexity index is 576. The second-order valence-corrected chi connectivity index (χ2v) is 3.94. The molecule has 0 aliphatic carbocycles. The van der Waals surface area contributed by atoms with E-state index in [1.807, 2.05) is 17.5 Å². The zero-order valence-corrected chi connectivity index (χ0v) is 8.89. The minimum absolute atomic E-state index is 0.386. The third kappa shape index (κ3) is 1.59. The Labute approximate surface area is 94.8 Å². The number of hydrogen-bond acceptors (Lipinski definition) is 6. The summed E-state index contributed by atoms with van der Waals surface area (Å²) in [5, 5.41) is 5.86. The largest absolute Gasteiger partial charge is 0.332 e. The van der Waals surface area contributed by atoms with Gasteiger partial charge in [0.2, 0.25) is 5.82 Å². The van der Waals surface area contributed by atoms with Gasteiger partial charge in [0.15, 0.2) is 0 Å². The van der Waals surface area contributed by atoms with Gasteiger partial charge in [0.05, 0.1) is 11.1 Å². The quantitative estimate of drug-likeness (QED) is 0.675. The van der Waals surface area contributed by atoms with Crippen molar-refractivity contribution in [2.75, 3.05) is 0 Å². The molecule has 3 heterocycles. The predicted octanol–water partition coefficient (Wildman–Crippen LogP) is 2.26. The minimum atomic E-state index is 0.386. The molecule has 0 bridgehead atoms. The van der Waals surface area contributed by atoms with Crippen molar-refractivity contribution in [3.05, 3.63) is 36.1 Å². The molecule has 0 N–H and O–H groups in total. The lowest BCUT2D eigenvalue weighted by molar-refractivity contribution is 0.431. The maximum atomic E-state index is 5.12. The van der Waals surface area contributed by atoms with E-state index < -0.39 is 0 Å². The third-order valence-corrected chi connectivity index (χ3v) is 2.82. The Morgan fingerprint density at radius 3 is 3.00 bits per heavy atom. The smallest absolute Gasteiger partial charge is 0.278 e. The van der Waals surface area contributed by atoms with Crippen molar-refractivity contribution in [2.45, 2.75) is 0 Å². The number of nitrogens with zero attached hydrogens (tertiary/aromatic N) is 4. The fourth-order valence-corrected chi connectivity index (χ4v) is 1.89. The molecule has 0 unspecified atom stereocenters. The first-order valence-corrected chi connectivity index (χ1v) is 5.45. The van der Waals surface area contributed by atoms with Crippen LogP contribution in [0.3, 0.4) is 0 Å². The van der Waals surface area contributed by atoms with Gasteiger partial charge in [0.1, 0.15) is 5.69 Å². The molecule has 0 aliphatic rings. The number of rotatable bonds is 2. The van der Waals surface area contributed by atoms with Crippen molar-refractivity contribution >= 4 is 11.3 Å². The zero-order chi connectivity index (χ0) is 10.8. The van der Waals surface area contributed by atoms with Gasteiger partial charge in [-0.05, 0) is 11.4 Å². The van der Waals surface area contributed by atoms with Crippen molar-refractivity contribution in [3.8, 4) is 22.3 Å². The maximum absolute atomic E-state index is 5.12. The summed E-state index contributed by atoms with van der Waals surface area (Å²) in [5.41, 5.74) is 0.581. The molecule has 0 saturated heterocycles. The van der Waals surface area contributed by atoms with E-state index in [1.54, 1.807) is 29.9 Å². The molecule has 0 spiro atoms. The summed E-state index contributed by atoms with van der Waals surface area (Å²) < 4.78 is 5.12. The Hall–Kier alpha value is -2.08. The fraction of sp³-hybridized carbons (Fsp3) is 0. The molecule has 0 atom stereocenters. The van der Waals surface area contributed by atoms with Gasteiger partial charge in [0, 0.05) is 12.4 Å². The van der Waals surface area contributed by atoms with Crippen molar-refractivity contribution < 1.29 is 4.52 Å². The van der Waals surface area contributed by atoms with Gasteiger partial charge < -0.3 is 4.52 Å². The predicted molar refractivity (Wildman–Crippen MR) is 58.6 cm³/mol. The normalized spacial score (nSPS) is 10.5. The van der Waals surface area contributed by atoms with Crippen LogP contribution in [0.15, 0.2) is 40.6 Å². The molecule has 0 saturated carbocycles. The van der Waals surface area contributed by atoms with Crippen molar-refractivity contribution in [1.29, 1.82) is 0 Å². The van der Waals surface area contributed by atoms with E-state index in [2.05, 4.69) is 20.1 Å². The van der Waals surface area contributed by atoms with E-state index >= 15 is 0 Å². The van der Waals surface area contributed by atoms with Gasteiger partial charge in [-0.25, -0.2) is 4.98 Å². The van der Waals surface area contributed by atoms with E-state index in [0.717, 1.165) is 4.88 Å². The molecule has 16 heavy (non-hydrogen) atoms. The highest BCUT2D eigenvalue weighted by Gasteiger charge is 2.11. The van der Waals surface area contributed by atoms with Crippen molar-refractivity contribution in [2.24, 2.45) is 0 Å². The van der Waals surface area contributed by atoms with Crippen molar-refractivity contribution in [1.82, 2.24) is 20.1 Å². The average molecular weight is 230 g/mol. The Balaban J connectivity index is 2.00. The van der Waals surface area contributed by atoms with Crippen LogP contribution < -0.4 is 0 Å². The lowest BCUT2D eigenvalue weighted by atomic mass is 10.4. The third-order valence-electron chi connectivity index (χ3n) is 1.95. The molecule has 3 aromatic heterocycles. The summed E-state index contributed by atoms with van der Waals surface area (Å²) in [6.45, 7) is 0. The molecular weight excluding hydrogens is 224 g/mol. The molecule has 3 rings (SSSR count). The number of thiophene rings is 1. The van der Waals surface area contributed by atoms with Crippen molar-refractivity contribution in [3.63, 3.8) is 0 Å². The summed E-state index contributed by atoms with van der Waals surface area (Å²) in [6.07, 6.45) is 4.77. The molecular formula is C10H6N4OS. The molecule has 6 heteroatoms. The highest BCUT2D eigenvalue weighted by molar-refractivity contribution is 7.13. The highest BCUT2D eigenvalue weighted by atomic mass is 32.1. The molecule has 78 valence electrons. The summed E-state index contributed by atoms with van der Waals surface area (Å²) in [5.74, 6) is 0.965. The van der Waals surface area contributed by atoms with E-state index in [9.17, 15) is 0 Å².